The molecule has 2 aromatic carbocycles. The van der Waals surface area contributed by atoms with Gasteiger partial charge in [-0.25, -0.2) is 0 Å². The first-order valence-corrected chi connectivity index (χ1v) is 5.45. The van der Waals surface area contributed by atoms with Gasteiger partial charge in [-0.15, -0.1) is 0 Å². The van der Waals surface area contributed by atoms with E-state index in [9.17, 15) is 5.11 Å². The minimum Gasteiger partial charge on any atom is -0.508 e. The van der Waals surface area contributed by atoms with Crippen molar-refractivity contribution in [2.24, 2.45) is 7.05 Å². The zero-order valence-corrected chi connectivity index (χ0v) is 9.46. The fraction of sp³-hybridized carbons (Fsp3) is 0.0714. The van der Waals surface area contributed by atoms with Gasteiger partial charge in [0.15, 0.2) is 0 Å². The number of benzene rings is 2. The molecule has 0 atom stereocenters. The lowest BCUT2D eigenvalue weighted by Gasteiger charge is -2.05. The molecule has 1 N–H and O–H groups in total. The molecule has 17 heavy (non-hydrogen) atoms. The van der Waals surface area contributed by atoms with Gasteiger partial charge in [-0.1, -0.05) is 24.3 Å². The molecule has 1 aromatic heterocycles. The monoisotopic (exact) mass is 224 g/mol. The zero-order chi connectivity index (χ0) is 11.8. The number of phenols is 1. The summed E-state index contributed by atoms with van der Waals surface area (Å²) in [7, 11) is 1.88. The normalized spacial score (nSPS) is 10.9. The summed E-state index contributed by atoms with van der Waals surface area (Å²) in [5.74, 6) is 0.280. The standard InChI is InChI=1S/C14H12N2O/c1-16-9-11(8-15-16)14-7-12(17)6-10-4-2-3-5-13(10)14/h2-9,17H,1H3. The smallest absolute Gasteiger partial charge is 0.116 e. The molecule has 0 aliphatic rings. The molecular formula is C14H12N2O. The summed E-state index contributed by atoms with van der Waals surface area (Å²) in [6, 6.07) is 11.6. The summed E-state index contributed by atoms with van der Waals surface area (Å²) >= 11 is 0. The van der Waals surface area contributed by atoms with Crippen molar-refractivity contribution in [2.75, 3.05) is 0 Å². The Hall–Kier alpha value is -2.29. The molecule has 3 nitrogen and oxygen atoms in total. The summed E-state index contributed by atoms with van der Waals surface area (Å²) in [4.78, 5) is 0. The van der Waals surface area contributed by atoms with Gasteiger partial charge in [-0.2, -0.15) is 5.10 Å². The Balaban J connectivity index is 2.35. The van der Waals surface area contributed by atoms with Crippen molar-refractivity contribution in [1.82, 2.24) is 9.78 Å². The number of aryl methyl sites for hydroxylation is 1. The molecule has 0 saturated heterocycles. The number of hydrogen-bond donors (Lipinski definition) is 1. The van der Waals surface area contributed by atoms with Crippen LogP contribution in [0.1, 0.15) is 0 Å². The van der Waals surface area contributed by atoms with E-state index in [2.05, 4.69) is 11.2 Å². The van der Waals surface area contributed by atoms with E-state index in [1.54, 1.807) is 23.0 Å². The van der Waals surface area contributed by atoms with Gasteiger partial charge in [0.25, 0.3) is 0 Å². The molecule has 0 aliphatic carbocycles. The number of phenolic OH excluding ortho intramolecular Hbond substituents is 1. The first-order chi connectivity index (χ1) is 8.24. The minimum atomic E-state index is 0.280. The van der Waals surface area contributed by atoms with Crippen molar-refractivity contribution in [3.8, 4) is 16.9 Å². The number of rotatable bonds is 1. The van der Waals surface area contributed by atoms with E-state index in [-0.39, 0.29) is 5.75 Å². The topological polar surface area (TPSA) is 38.0 Å². The maximum absolute atomic E-state index is 9.75. The highest BCUT2D eigenvalue weighted by Gasteiger charge is 2.07. The van der Waals surface area contributed by atoms with Gasteiger partial charge in [-0.3, -0.25) is 4.68 Å². The fourth-order valence-corrected chi connectivity index (χ4v) is 2.09. The molecule has 0 aliphatic heterocycles. The van der Waals surface area contributed by atoms with E-state index < -0.39 is 0 Å². The van der Waals surface area contributed by atoms with Crippen molar-refractivity contribution in [3.05, 3.63) is 48.8 Å². The Kier molecular flexibility index (Phi) is 2.11. The molecule has 1 heterocycles. The van der Waals surface area contributed by atoms with Crippen LogP contribution in [-0.2, 0) is 7.05 Å². The van der Waals surface area contributed by atoms with Gasteiger partial charge < -0.3 is 5.11 Å². The van der Waals surface area contributed by atoms with E-state index in [1.807, 2.05) is 31.4 Å². The van der Waals surface area contributed by atoms with E-state index in [0.717, 1.165) is 21.9 Å². The molecule has 0 spiro atoms. The fourth-order valence-electron chi connectivity index (χ4n) is 2.09. The Morgan fingerprint density at radius 2 is 2.00 bits per heavy atom. The lowest BCUT2D eigenvalue weighted by Crippen LogP contribution is -1.84. The van der Waals surface area contributed by atoms with Gasteiger partial charge in [0.2, 0.25) is 0 Å². The maximum atomic E-state index is 9.75. The summed E-state index contributed by atoms with van der Waals surface area (Å²) in [5.41, 5.74) is 2.02. The van der Waals surface area contributed by atoms with Crippen LogP contribution in [0.4, 0.5) is 0 Å². The number of aromatic nitrogens is 2. The summed E-state index contributed by atoms with van der Waals surface area (Å²) in [5, 5.41) is 16.1. The molecule has 3 aromatic rings. The van der Waals surface area contributed by atoms with Crippen LogP contribution in [0.25, 0.3) is 21.9 Å². The maximum Gasteiger partial charge on any atom is 0.116 e. The highest BCUT2D eigenvalue weighted by atomic mass is 16.3. The molecule has 0 saturated carbocycles. The molecule has 3 rings (SSSR count). The Labute approximate surface area is 98.9 Å². The predicted octanol–water partition coefficient (Wildman–Crippen LogP) is 2.95. The van der Waals surface area contributed by atoms with Crippen LogP contribution in [0.5, 0.6) is 5.75 Å². The number of nitrogens with zero attached hydrogens (tertiary/aromatic N) is 2. The average Bonchev–Trinajstić information content (AvgIpc) is 2.74. The average molecular weight is 224 g/mol. The number of aromatic hydroxyl groups is 1. The van der Waals surface area contributed by atoms with Crippen LogP contribution < -0.4 is 0 Å². The second-order valence-corrected chi connectivity index (χ2v) is 4.12. The summed E-state index contributed by atoms with van der Waals surface area (Å²) in [6.45, 7) is 0. The van der Waals surface area contributed by atoms with Crippen LogP contribution in [0.2, 0.25) is 0 Å². The first-order valence-electron chi connectivity index (χ1n) is 5.45. The molecular weight excluding hydrogens is 212 g/mol. The van der Waals surface area contributed by atoms with Crippen LogP contribution in [0.3, 0.4) is 0 Å². The third kappa shape index (κ3) is 1.65. The third-order valence-electron chi connectivity index (χ3n) is 2.86. The Morgan fingerprint density at radius 3 is 2.76 bits per heavy atom. The molecule has 0 radical (unpaired) electrons. The molecule has 0 fully saturated rings. The van der Waals surface area contributed by atoms with E-state index >= 15 is 0 Å². The second-order valence-electron chi connectivity index (χ2n) is 4.12. The SMILES string of the molecule is Cn1cc(-c2cc(O)cc3ccccc23)cn1. The van der Waals surface area contributed by atoms with Gasteiger partial charge in [0.05, 0.1) is 6.20 Å². The minimum absolute atomic E-state index is 0.280. The molecule has 0 unspecified atom stereocenters. The van der Waals surface area contributed by atoms with Gasteiger partial charge >= 0.3 is 0 Å². The highest BCUT2D eigenvalue weighted by molar-refractivity contribution is 5.97. The lowest BCUT2D eigenvalue weighted by molar-refractivity contribution is 0.476. The first kappa shape index (κ1) is 9.90. The number of hydrogen-bond acceptors (Lipinski definition) is 2. The van der Waals surface area contributed by atoms with Crippen molar-refractivity contribution in [3.63, 3.8) is 0 Å². The molecule has 0 amide bonds. The van der Waals surface area contributed by atoms with Crippen LogP contribution in [0, 0.1) is 0 Å². The molecule has 3 heteroatoms. The van der Waals surface area contributed by atoms with Crippen molar-refractivity contribution < 1.29 is 5.11 Å². The second kappa shape index (κ2) is 3.63. The number of fused-ring (bicyclic) bond motifs is 1. The van der Waals surface area contributed by atoms with Crippen LogP contribution >= 0.6 is 0 Å². The van der Waals surface area contributed by atoms with Crippen molar-refractivity contribution in [2.45, 2.75) is 0 Å². The van der Waals surface area contributed by atoms with Crippen LogP contribution in [-0.4, -0.2) is 14.9 Å². The zero-order valence-electron chi connectivity index (χ0n) is 9.46. The summed E-state index contributed by atoms with van der Waals surface area (Å²) in [6.07, 6.45) is 3.75. The van der Waals surface area contributed by atoms with E-state index in [0.29, 0.717) is 0 Å². The van der Waals surface area contributed by atoms with E-state index in [4.69, 9.17) is 0 Å². The van der Waals surface area contributed by atoms with Crippen LogP contribution in [0.15, 0.2) is 48.8 Å². The molecule has 84 valence electrons. The van der Waals surface area contributed by atoms with Gasteiger partial charge in [0, 0.05) is 18.8 Å². The van der Waals surface area contributed by atoms with Gasteiger partial charge in [0.1, 0.15) is 5.75 Å². The third-order valence-corrected chi connectivity index (χ3v) is 2.86. The Bertz CT molecular complexity index is 686. The van der Waals surface area contributed by atoms with Crippen molar-refractivity contribution in [1.29, 1.82) is 0 Å². The predicted molar refractivity (Wildman–Crippen MR) is 67.8 cm³/mol. The Morgan fingerprint density at radius 1 is 1.18 bits per heavy atom. The largest absolute Gasteiger partial charge is 0.508 e. The quantitative estimate of drug-likeness (QED) is 0.690. The lowest BCUT2D eigenvalue weighted by atomic mass is 10.0. The molecule has 0 bridgehead atoms. The van der Waals surface area contributed by atoms with E-state index in [1.165, 1.54) is 0 Å². The van der Waals surface area contributed by atoms with Crippen molar-refractivity contribution >= 4 is 10.8 Å². The highest BCUT2D eigenvalue weighted by Crippen LogP contribution is 2.32. The summed E-state index contributed by atoms with van der Waals surface area (Å²) < 4.78 is 1.76. The van der Waals surface area contributed by atoms with Gasteiger partial charge in [-0.05, 0) is 28.5 Å².